The number of pyridine rings is 1. The van der Waals surface area contributed by atoms with Crippen molar-refractivity contribution in [3.8, 4) is 0 Å². The molecular weight excluding hydrogens is 292 g/mol. The standard InChI is InChI=1S/C17H24N4O2/c1-12(2)17(3)16(22)19-15(20-17)14-13(5-4-6-18-14)11-21-7-9-23-10-8-21/h4-6,12H,7-11H2,1-3H3,(H,19,20,22). The van der Waals surface area contributed by atoms with Crippen molar-refractivity contribution >= 4 is 11.7 Å². The number of amidine groups is 1. The van der Waals surface area contributed by atoms with Crippen molar-refractivity contribution in [2.45, 2.75) is 32.9 Å². The van der Waals surface area contributed by atoms with E-state index in [4.69, 9.17) is 4.74 Å². The van der Waals surface area contributed by atoms with Crippen molar-refractivity contribution in [2.75, 3.05) is 26.3 Å². The third kappa shape index (κ3) is 3.14. The van der Waals surface area contributed by atoms with E-state index in [9.17, 15) is 4.79 Å². The van der Waals surface area contributed by atoms with Gasteiger partial charge in [0.2, 0.25) is 0 Å². The van der Waals surface area contributed by atoms with Gasteiger partial charge in [-0.1, -0.05) is 19.9 Å². The van der Waals surface area contributed by atoms with Crippen LogP contribution in [0.5, 0.6) is 0 Å². The molecule has 6 heteroatoms. The van der Waals surface area contributed by atoms with Gasteiger partial charge in [-0.15, -0.1) is 0 Å². The first kappa shape index (κ1) is 16.1. The number of carbonyl (C=O) groups is 1. The van der Waals surface area contributed by atoms with Crippen LogP contribution in [0.4, 0.5) is 0 Å². The lowest BCUT2D eigenvalue weighted by Crippen LogP contribution is -2.50. The summed E-state index contributed by atoms with van der Waals surface area (Å²) in [4.78, 5) is 23.4. The van der Waals surface area contributed by atoms with Gasteiger partial charge in [0.05, 0.1) is 13.2 Å². The highest BCUT2D eigenvalue weighted by molar-refractivity contribution is 6.13. The van der Waals surface area contributed by atoms with Gasteiger partial charge in [0.1, 0.15) is 11.2 Å². The number of morpholine rings is 1. The molecule has 23 heavy (non-hydrogen) atoms. The molecule has 1 N–H and O–H groups in total. The van der Waals surface area contributed by atoms with E-state index in [1.54, 1.807) is 6.20 Å². The first-order chi connectivity index (χ1) is 11.0. The molecular formula is C17H24N4O2. The van der Waals surface area contributed by atoms with Crippen LogP contribution in [0, 0.1) is 5.92 Å². The summed E-state index contributed by atoms with van der Waals surface area (Å²) < 4.78 is 5.40. The second-order valence-corrected chi connectivity index (χ2v) is 6.65. The highest BCUT2D eigenvalue weighted by atomic mass is 16.5. The fourth-order valence-corrected chi connectivity index (χ4v) is 2.83. The number of hydrogen-bond acceptors (Lipinski definition) is 5. The Morgan fingerprint density at radius 2 is 2.13 bits per heavy atom. The number of amides is 1. The SMILES string of the molecule is CC(C)C1(C)NC(c2ncccc2CN2CCOCC2)=NC1=O. The number of nitrogens with one attached hydrogen (secondary N) is 1. The molecule has 1 aromatic rings. The van der Waals surface area contributed by atoms with Crippen molar-refractivity contribution in [1.29, 1.82) is 0 Å². The highest BCUT2D eigenvalue weighted by Crippen LogP contribution is 2.25. The number of hydrogen-bond donors (Lipinski definition) is 1. The molecule has 3 heterocycles. The quantitative estimate of drug-likeness (QED) is 0.904. The molecule has 1 aromatic heterocycles. The summed E-state index contributed by atoms with van der Waals surface area (Å²) in [6.07, 6.45) is 1.75. The Kier molecular flexibility index (Phi) is 4.46. The van der Waals surface area contributed by atoms with E-state index in [1.165, 1.54) is 0 Å². The predicted molar refractivity (Wildman–Crippen MR) is 88.3 cm³/mol. The molecule has 1 unspecified atom stereocenters. The van der Waals surface area contributed by atoms with Gasteiger partial charge in [-0.3, -0.25) is 14.7 Å². The van der Waals surface area contributed by atoms with E-state index in [0.29, 0.717) is 5.84 Å². The minimum Gasteiger partial charge on any atom is -0.379 e. The van der Waals surface area contributed by atoms with E-state index in [1.807, 2.05) is 26.8 Å². The Balaban J connectivity index is 1.83. The van der Waals surface area contributed by atoms with Gasteiger partial charge in [-0.2, -0.15) is 4.99 Å². The molecule has 1 saturated heterocycles. The van der Waals surface area contributed by atoms with Crippen LogP contribution in [0.1, 0.15) is 32.0 Å². The summed E-state index contributed by atoms with van der Waals surface area (Å²) >= 11 is 0. The summed E-state index contributed by atoms with van der Waals surface area (Å²) in [5.74, 6) is 0.628. The third-order valence-electron chi connectivity index (χ3n) is 4.80. The Bertz CT molecular complexity index is 623. The Morgan fingerprint density at radius 1 is 1.39 bits per heavy atom. The number of nitrogens with zero attached hydrogens (tertiary/aromatic N) is 3. The summed E-state index contributed by atoms with van der Waals surface area (Å²) in [7, 11) is 0. The molecule has 6 nitrogen and oxygen atoms in total. The van der Waals surface area contributed by atoms with Gasteiger partial charge in [0.15, 0.2) is 5.84 Å². The van der Waals surface area contributed by atoms with Gasteiger partial charge >= 0.3 is 0 Å². The Labute approximate surface area is 136 Å². The zero-order chi connectivity index (χ0) is 16.4. The van der Waals surface area contributed by atoms with Crippen molar-refractivity contribution < 1.29 is 9.53 Å². The van der Waals surface area contributed by atoms with E-state index in [-0.39, 0.29) is 11.8 Å². The van der Waals surface area contributed by atoms with Crippen LogP contribution >= 0.6 is 0 Å². The number of rotatable bonds is 4. The highest BCUT2D eigenvalue weighted by Gasteiger charge is 2.42. The minimum absolute atomic E-state index is 0.120. The van der Waals surface area contributed by atoms with Gasteiger partial charge in [0, 0.05) is 25.8 Å². The molecule has 0 aromatic carbocycles. The molecule has 0 saturated carbocycles. The molecule has 0 aliphatic carbocycles. The molecule has 0 bridgehead atoms. The maximum atomic E-state index is 12.3. The van der Waals surface area contributed by atoms with Gasteiger partial charge in [0.25, 0.3) is 5.91 Å². The topological polar surface area (TPSA) is 66.8 Å². The number of carbonyl (C=O) groups excluding carboxylic acids is 1. The van der Waals surface area contributed by atoms with E-state index < -0.39 is 5.54 Å². The van der Waals surface area contributed by atoms with Crippen molar-refractivity contribution in [1.82, 2.24) is 15.2 Å². The van der Waals surface area contributed by atoms with Crippen LogP contribution in [-0.2, 0) is 16.1 Å². The average molecular weight is 316 g/mol. The molecule has 1 amide bonds. The molecule has 124 valence electrons. The second kappa shape index (κ2) is 6.37. The fourth-order valence-electron chi connectivity index (χ4n) is 2.83. The van der Waals surface area contributed by atoms with Gasteiger partial charge in [-0.25, -0.2) is 0 Å². The van der Waals surface area contributed by atoms with Crippen LogP contribution in [-0.4, -0.2) is 53.5 Å². The first-order valence-electron chi connectivity index (χ1n) is 8.16. The van der Waals surface area contributed by atoms with Gasteiger partial charge < -0.3 is 10.1 Å². The zero-order valence-electron chi connectivity index (χ0n) is 14.0. The molecule has 1 atom stereocenters. The number of aliphatic imine (C=N–C) groups is 1. The van der Waals surface area contributed by atoms with E-state index in [2.05, 4.69) is 26.3 Å². The summed E-state index contributed by atoms with van der Waals surface area (Å²) in [6.45, 7) is 10.1. The Hall–Kier alpha value is -1.79. The maximum Gasteiger partial charge on any atom is 0.273 e. The number of ether oxygens (including phenoxy) is 1. The van der Waals surface area contributed by atoms with Crippen molar-refractivity contribution in [3.63, 3.8) is 0 Å². The lowest BCUT2D eigenvalue weighted by atomic mass is 9.88. The van der Waals surface area contributed by atoms with Crippen LogP contribution in [0.2, 0.25) is 0 Å². The molecule has 3 rings (SSSR count). The third-order valence-corrected chi connectivity index (χ3v) is 4.80. The van der Waals surface area contributed by atoms with Crippen LogP contribution in [0.3, 0.4) is 0 Å². The maximum absolute atomic E-state index is 12.3. The fraction of sp³-hybridized carbons (Fsp3) is 0.588. The lowest BCUT2D eigenvalue weighted by Gasteiger charge is -2.28. The second-order valence-electron chi connectivity index (χ2n) is 6.65. The van der Waals surface area contributed by atoms with Crippen molar-refractivity contribution in [2.24, 2.45) is 10.9 Å². The van der Waals surface area contributed by atoms with Crippen molar-refractivity contribution in [3.05, 3.63) is 29.6 Å². The zero-order valence-corrected chi connectivity index (χ0v) is 14.0. The molecule has 0 radical (unpaired) electrons. The normalized spacial score (nSPS) is 25.6. The van der Waals surface area contributed by atoms with E-state index >= 15 is 0 Å². The molecule has 1 fully saturated rings. The van der Waals surface area contributed by atoms with Crippen LogP contribution in [0.15, 0.2) is 23.3 Å². The summed E-state index contributed by atoms with van der Waals surface area (Å²) in [5.41, 5.74) is 1.21. The summed E-state index contributed by atoms with van der Waals surface area (Å²) in [6, 6.07) is 3.98. The summed E-state index contributed by atoms with van der Waals surface area (Å²) in [5, 5.41) is 3.31. The first-order valence-corrected chi connectivity index (χ1v) is 8.16. The molecule has 2 aliphatic heterocycles. The molecule has 0 spiro atoms. The van der Waals surface area contributed by atoms with Crippen LogP contribution in [0.25, 0.3) is 0 Å². The van der Waals surface area contributed by atoms with Crippen LogP contribution < -0.4 is 5.32 Å². The monoisotopic (exact) mass is 316 g/mol. The molecule has 2 aliphatic rings. The Morgan fingerprint density at radius 3 is 2.78 bits per heavy atom. The van der Waals surface area contributed by atoms with Gasteiger partial charge in [-0.05, 0) is 24.5 Å². The largest absolute Gasteiger partial charge is 0.379 e. The van der Waals surface area contributed by atoms with E-state index in [0.717, 1.165) is 44.1 Å². The predicted octanol–water partition coefficient (Wildman–Crippen LogP) is 1.20. The number of aromatic nitrogens is 1. The average Bonchev–Trinajstić information content (AvgIpc) is 2.86. The lowest BCUT2D eigenvalue weighted by molar-refractivity contribution is -0.123. The minimum atomic E-state index is -0.650. The smallest absolute Gasteiger partial charge is 0.273 e.